The highest BCUT2D eigenvalue weighted by Gasteiger charge is 2.21. The van der Waals surface area contributed by atoms with Gasteiger partial charge in [0.2, 0.25) is 0 Å². The van der Waals surface area contributed by atoms with Crippen molar-refractivity contribution < 1.29 is 9.13 Å². The van der Waals surface area contributed by atoms with E-state index in [9.17, 15) is 4.39 Å². The fourth-order valence-corrected chi connectivity index (χ4v) is 3.06. The molecular formula is C15H12Br2FNO. The lowest BCUT2D eigenvalue weighted by Gasteiger charge is -2.27. The number of anilines is 1. The number of rotatable bonds is 2. The molecule has 1 aliphatic heterocycles. The Kier molecular flexibility index (Phi) is 3.98. The van der Waals surface area contributed by atoms with Gasteiger partial charge in [-0.3, -0.25) is 0 Å². The third kappa shape index (κ3) is 2.83. The Balaban J connectivity index is 1.89. The minimum Gasteiger partial charge on any atom is -0.493 e. The van der Waals surface area contributed by atoms with Crippen LogP contribution in [0.5, 0.6) is 5.75 Å². The van der Waals surface area contributed by atoms with Gasteiger partial charge in [0.15, 0.2) is 0 Å². The number of hydrogen-bond acceptors (Lipinski definition) is 2. The van der Waals surface area contributed by atoms with E-state index in [0.29, 0.717) is 11.1 Å². The van der Waals surface area contributed by atoms with Crippen LogP contribution in [0.25, 0.3) is 0 Å². The zero-order valence-corrected chi connectivity index (χ0v) is 13.7. The van der Waals surface area contributed by atoms with Crippen LogP contribution >= 0.6 is 31.9 Å². The number of ether oxygens (including phenoxy) is 1. The van der Waals surface area contributed by atoms with Gasteiger partial charge in [0.25, 0.3) is 0 Å². The normalized spacial score (nSPS) is 17.2. The second kappa shape index (κ2) is 5.74. The van der Waals surface area contributed by atoms with Crippen molar-refractivity contribution in [2.75, 3.05) is 11.9 Å². The Labute approximate surface area is 133 Å². The average Bonchev–Trinajstić information content (AvgIpc) is 2.44. The van der Waals surface area contributed by atoms with Gasteiger partial charge in [-0.15, -0.1) is 0 Å². The minimum atomic E-state index is -0.259. The summed E-state index contributed by atoms with van der Waals surface area (Å²) >= 11 is 6.69. The molecular weight excluding hydrogens is 389 g/mol. The van der Waals surface area contributed by atoms with Gasteiger partial charge in [0, 0.05) is 22.1 Å². The first-order chi connectivity index (χ1) is 9.63. The van der Waals surface area contributed by atoms with Crippen LogP contribution in [0.15, 0.2) is 45.3 Å². The predicted molar refractivity (Wildman–Crippen MR) is 84.7 cm³/mol. The third-order valence-corrected chi connectivity index (χ3v) is 4.37. The van der Waals surface area contributed by atoms with Crippen molar-refractivity contribution in [3.63, 3.8) is 0 Å². The molecule has 0 saturated carbocycles. The van der Waals surface area contributed by atoms with Gasteiger partial charge in [0.05, 0.1) is 17.1 Å². The van der Waals surface area contributed by atoms with E-state index in [1.54, 1.807) is 12.1 Å². The summed E-state index contributed by atoms with van der Waals surface area (Å²) < 4.78 is 20.4. The summed E-state index contributed by atoms with van der Waals surface area (Å²) in [4.78, 5) is 0. The van der Waals surface area contributed by atoms with Gasteiger partial charge in [-0.1, -0.05) is 15.9 Å². The summed E-state index contributed by atoms with van der Waals surface area (Å²) in [5.41, 5.74) is 2.00. The minimum absolute atomic E-state index is 0.161. The molecule has 2 nitrogen and oxygen atoms in total. The van der Waals surface area contributed by atoms with Crippen molar-refractivity contribution >= 4 is 37.5 Å². The fourth-order valence-electron chi connectivity index (χ4n) is 2.30. The molecule has 1 N–H and O–H groups in total. The zero-order chi connectivity index (χ0) is 14.1. The molecule has 20 heavy (non-hydrogen) atoms. The molecule has 0 fully saturated rings. The Morgan fingerprint density at radius 1 is 1.15 bits per heavy atom. The van der Waals surface area contributed by atoms with Crippen molar-refractivity contribution in [1.82, 2.24) is 0 Å². The van der Waals surface area contributed by atoms with Gasteiger partial charge in [-0.05, 0) is 52.3 Å². The standard InChI is InChI=1S/C15H12Br2FNO/c16-9-1-4-15-11(7-9)14(5-6-20-15)19-10-2-3-13(18)12(17)8-10/h1-4,7-8,14,19H,5-6H2. The van der Waals surface area contributed by atoms with Crippen molar-refractivity contribution in [2.45, 2.75) is 12.5 Å². The first-order valence-electron chi connectivity index (χ1n) is 6.27. The first-order valence-corrected chi connectivity index (χ1v) is 7.86. The van der Waals surface area contributed by atoms with E-state index in [4.69, 9.17) is 4.74 Å². The van der Waals surface area contributed by atoms with E-state index in [1.807, 2.05) is 12.1 Å². The topological polar surface area (TPSA) is 21.3 Å². The predicted octanol–water partition coefficient (Wildman–Crippen LogP) is 5.29. The molecule has 2 aromatic rings. The highest BCUT2D eigenvalue weighted by atomic mass is 79.9. The Hall–Kier alpha value is -1.07. The van der Waals surface area contributed by atoms with Crippen LogP contribution in [0, 0.1) is 5.82 Å². The van der Waals surface area contributed by atoms with E-state index in [0.717, 1.165) is 27.9 Å². The lowest BCUT2D eigenvalue weighted by molar-refractivity contribution is 0.274. The molecule has 104 valence electrons. The lowest BCUT2D eigenvalue weighted by Crippen LogP contribution is -2.20. The van der Waals surface area contributed by atoms with E-state index in [1.165, 1.54) is 6.07 Å². The summed E-state index contributed by atoms with van der Waals surface area (Å²) in [5.74, 6) is 0.642. The van der Waals surface area contributed by atoms with Crippen molar-refractivity contribution in [2.24, 2.45) is 0 Å². The molecule has 3 rings (SSSR count). The number of hydrogen-bond donors (Lipinski definition) is 1. The summed E-state index contributed by atoms with van der Waals surface area (Å²) in [6, 6.07) is 11.1. The zero-order valence-electron chi connectivity index (χ0n) is 10.5. The maximum atomic E-state index is 13.3. The second-order valence-corrected chi connectivity index (χ2v) is 6.42. The fraction of sp³-hybridized carbons (Fsp3) is 0.200. The number of fused-ring (bicyclic) bond motifs is 1. The molecule has 0 bridgehead atoms. The van der Waals surface area contributed by atoms with E-state index in [-0.39, 0.29) is 11.9 Å². The molecule has 1 heterocycles. The van der Waals surface area contributed by atoms with Crippen LogP contribution in [0.3, 0.4) is 0 Å². The molecule has 0 saturated heterocycles. The molecule has 0 spiro atoms. The second-order valence-electron chi connectivity index (χ2n) is 4.65. The molecule has 0 aliphatic carbocycles. The van der Waals surface area contributed by atoms with Gasteiger partial charge in [-0.2, -0.15) is 0 Å². The highest BCUT2D eigenvalue weighted by Crippen LogP contribution is 2.36. The maximum Gasteiger partial charge on any atom is 0.137 e. The summed E-state index contributed by atoms with van der Waals surface area (Å²) in [6.45, 7) is 0.675. The summed E-state index contributed by atoms with van der Waals surface area (Å²) in [6.07, 6.45) is 0.873. The average molecular weight is 401 g/mol. The van der Waals surface area contributed by atoms with Crippen LogP contribution < -0.4 is 10.1 Å². The smallest absolute Gasteiger partial charge is 0.137 e. The van der Waals surface area contributed by atoms with E-state index in [2.05, 4.69) is 43.2 Å². The Morgan fingerprint density at radius 3 is 2.80 bits per heavy atom. The number of nitrogens with one attached hydrogen (secondary N) is 1. The monoisotopic (exact) mass is 399 g/mol. The van der Waals surface area contributed by atoms with Gasteiger partial charge in [0.1, 0.15) is 11.6 Å². The molecule has 5 heteroatoms. The van der Waals surface area contributed by atoms with Crippen LogP contribution in [0.4, 0.5) is 10.1 Å². The third-order valence-electron chi connectivity index (χ3n) is 3.27. The van der Waals surface area contributed by atoms with Gasteiger partial charge < -0.3 is 10.1 Å². The lowest BCUT2D eigenvalue weighted by atomic mass is 10.0. The van der Waals surface area contributed by atoms with E-state index >= 15 is 0 Å². The molecule has 1 aliphatic rings. The quantitative estimate of drug-likeness (QED) is 0.739. The largest absolute Gasteiger partial charge is 0.493 e. The van der Waals surface area contributed by atoms with Crippen LogP contribution in [0.1, 0.15) is 18.0 Å². The molecule has 0 radical (unpaired) electrons. The van der Waals surface area contributed by atoms with Crippen LogP contribution in [-0.2, 0) is 0 Å². The SMILES string of the molecule is Fc1ccc(NC2CCOc3ccc(Br)cc32)cc1Br. The summed E-state index contributed by atoms with van der Waals surface area (Å²) in [7, 11) is 0. The summed E-state index contributed by atoms with van der Waals surface area (Å²) in [5, 5.41) is 3.43. The van der Waals surface area contributed by atoms with Crippen LogP contribution in [-0.4, -0.2) is 6.61 Å². The van der Waals surface area contributed by atoms with Crippen LogP contribution in [0.2, 0.25) is 0 Å². The first kappa shape index (κ1) is 13.9. The maximum absolute atomic E-state index is 13.3. The highest BCUT2D eigenvalue weighted by molar-refractivity contribution is 9.10. The number of halogens is 3. The van der Waals surface area contributed by atoms with Crippen molar-refractivity contribution in [3.8, 4) is 5.75 Å². The van der Waals surface area contributed by atoms with E-state index < -0.39 is 0 Å². The Morgan fingerprint density at radius 2 is 2.00 bits per heavy atom. The molecule has 1 unspecified atom stereocenters. The van der Waals surface area contributed by atoms with Gasteiger partial charge >= 0.3 is 0 Å². The number of benzene rings is 2. The molecule has 1 atom stereocenters. The molecule has 0 aromatic heterocycles. The Bertz CT molecular complexity index is 648. The van der Waals surface area contributed by atoms with Gasteiger partial charge in [-0.25, -0.2) is 4.39 Å². The van der Waals surface area contributed by atoms with Crippen molar-refractivity contribution in [1.29, 1.82) is 0 Å². The molecule has 0 amide bonds. The van der Waals surface area contributed by atoms with Crippen molar-refractivity contribution in [3.05, 3.63) is 56.7 Å². The molecule has 2 aromatic carbocycles.